The zero-order valence-electron chi connectivity index (χ0n) is 5.32. The summed E-state index contributed by atoms with van der Waals surface area (Å²) in [6.07, 6.45) is 3.88. The molecule has 0 saturated carbocycles. The smallest absolute Gasteiger partial charge is 0.103 e. The number of fused-ring (bicyclic) bond motifs is 2. The van der Waals surface area contributed by atoms with E-state index in [9.17, 15) is 5.11 Å². The molecular weight excluding hydrogens is 116 g/mol. The van der Waals surface area contributed by atoms with Crippen LogP contribution in [0, 0.1) is 5.92 Å². The maximum absolute atomic E-state index is 9.31. The Morgan fingerprint density at radius 3 is 2.33 bits per heavy atom. The summed E-state index contributed by atoms with van der Waals surface area (Å²) >= 11 is 0. The summed E-state index contributed by atoms with van der Waals surface area (Å²) in [5.41, 5.74) is 0. The van der Waals surface area contributed by atoms with E-state index in [-0.39, 0.29) is 18.3 Å². The molecule has 4 unspecified atom stereocenters. The largest absolute Gasteiger partial charge is 0.390 e. The molecule has 1 N–H and O–H groups in total. The Kier molecular flexibility index (Phi) is 0.957. The Labute approximate surface area is 54.1 Å². The molecule has 2 rings (SSSR count). The summed E-state index contributed by atoms with van der Waals surface area (Å²) in [6, 6.07) is 0. The molecular formula is C7H10O2. The van der Waals surface area contributed by atoms with Gasteiger partial charge in [0.2, 0.25) is 0 Å². The Bertz CT molecular complexity index is 137. The van der Waals surface area contributed by atoms with Crippen LogP contribution in [-0.4, -0.2) is 23.4 Å². The first-order valence-electron chi connectivity index (χ1n) is 3.31. The molecule has 0 aromatic rings. The minimum absolute atomic E-state index is 0.00926. The van der Waals surface area contributed by atoms with Crippen molar-refractivity contribution in [2.75, 3.05) is 0 Å². The highest BCUT2D eigenvalue weighted by molar-refractivity contribution is 5.13. The van der Waals surface area contributed by atoms with E-state index in [1.54, 1.807) is 0 Å². The molecule has 2 heterocycles. The predicted octanol–water partition coefficient (Wildman–Crippen LogP) is 0.321. The summed E-state index contributed by atoms with van der Waals surface area (Å²) in [5.74, 6) is 0.292. The number of rotatable bonds is 0. The van der Waals surface area contributed by atoms with Crippen LogP contribution in [0.5, 0.6) is 0 Å². The van der Waals surface area contributed by atoms with Crippen LogP contribution in [0.2, 0.25) is 0 Å². The Morgan fingerprint density at radius 1 is 1.33 bits per heavy atom. The average Bonchev–Trinajstić information content (AvgIpc) is 2.37. The number of aliphatic hydroxyl groups is 1. The normalized spacial score (nSPS) is 54.9. The van der Waals surface area contributed by atoms with Crippen LogP contribution < -0.4 is 0 Å². The highest BCUT2D eigenvalue weighted by Crippen LogP contribution is 2.33. The van der Waals surface area contributed by atoms with E-state index in [0.29, 0.717) is 5.92 Å². The molecule has 0 spiro atoms. The molecule has 2 aliphatic heterocycles. The summed E-state index contributed by atoms with van der Waals surface area (Å²) < 4.78 is 5.34. The standard InChI is InChI=1S/C7H10O2/c1-4-5-2-3-6(9-5)7(4)8/h2-8H,1H3. The third-order valence-electron chi connectivity index (χ3n) is 2.20. The quantitative estimate of drug-likeness (QED) is 0.474. The summed E-state index contributed by atoms with van der Waals surface area (Å²) in [4.78, 5) is 0. The van der Waals surface area contributed by atoms with Crippen LogP contribution in [0.1, 0.15) is 6.92 Å². The van der Waals surface area contributed by atoms with Crippen molar-refractivity contribution in [3.05, 3.63) is 12.2 Å². The lowest BCUT2D eigenvalue weighted by Crippen LogP contribution is -2.26. The van der Waals surface area contributed by atoms with Gasteiger partial charge in [-0.25, -0.2) is 0 Å². The maximum atomic E-state index is 9.31. The third kappa shape index (κ3) is 0.575. The zero-order chi connectivity index (χ0) is 6.43. The molecule has 2 bridgehead atoms. The SMILES string of the molecule is CC1C2C=CC(O2)C1O. The van der Waals surface area contributed by atoms with E-state index in [1.807, 2.05) is 19.1 Å². The third-order valence-corrected chi connectivity index (χ3v) is 2.20. The second kappa shape index (κ2) is 1.58. The first-order chi connectivity index (χ1) is 4.29. The van der Waals surface area contributed by atoms with Crippen LogP contribution in [-0.2, 0) is 4.74 Å². The number of ether oxygens (including phenoxy) is 1. The van der Waals surface area contributed by atoms with Gasteiger partial charge in [0, 0.05) is 5.92 Å². The minimum Gasteiger partial charge on any atom is -0.390 e. The lowest BCUT2D eigenvalue weighted by atomic mass is 9.93. The van der Waals surface area contributed by atoms with Crippen molar-refractivity contribution < 1.29 is 9.84 Å². The monoisotopic (exact) mass is 126 g/mol. The van der Waals surface area contributed by atoms with Crippen molar-refractivity contribution >= 4 is 0 Å². The van der Waals surface area contributed by atoms with Crippen molar-refractivity contribution in [3.63, 3.8) is 0 Å². The van der Waals surface area contributed by atoms with Crippen LogP contribution in [0.4, 0.5) is 0 Å². The highest BCUT2D eigenvalue weighted by atomic mass is 16.5. The van der Waals surface area contributed by atoms with E-state index < -0.39 is 0 Å². The first-order valence-corrected chi connectivity index (χ1v) is 3.31. The van der Waals surface area contributed by atoms with Crippen LogP contribution in [0.3, 0.4) is 0 Å². The average molecular weight is 126 g/mol. The molecule has 1 fully saturated rings. The highest BCUT2D eigenvalue weighted by Gasteiger charge is 2.41. The number of hydrogen-bond acceptors (Lipinski definition) is 2. The second-order valence-electron chi connectivity index (χ2n) is 2.80. The lowest BCUT2D eigenvalue weighted by molar-refractivity contribution is 0.0689. The van der Waals surface area contributed by atoms with Gasteiger partial charge in [0.05, 0.1) is 12.2 Å². The van der Waals surface area contributed by atoms with Gasteiger partial charge in [-0.3, -0.25) is 0 Å². The molecule has 50 valence electrons. The predicted molar refractivity (Wildman–Crippen MR) is 33.0 cm³/mol. The number of aliphatic hydroxyl groups excluding tert-OH is 1. The maximum Gasteiger partial charge on any atom is 0.103 e. The molecule has 2 heteroatoms. The van der Waals surface area contributed by atoms with Crippen LogP contribution in [0.15, 0.2) is 12.2 Å². The van der Waals surface area contributed by atoms with Gasteiger partial charge < -0.3 is 9.84 Å². The van der Waals surface area contributed by atoms with Crippen molar-refractivity contribution in [3.8, 4) is 0 Å². The van der Waals surface area contributed by atoms with Gasteiger partial charge in [-0.05, 0) is 0 Å². The molecule has 0 radical (unpaired) electrons. The Hall–Kier alpha value is -0.340. The fraction of sp³-hybridized carbons (Fsp3) is 0.714. The Balaban J connectivity index is 2.26. The van der Waals surface area contributed by atoms with Gasteiger partial charge in [-0.15, -0.1) is 0 Å². The van der Waals surface area contributed by atoms with E-state index >= 15 is 0 Å². The molecule has 1 saturated heterocycles. The fourth-order valence-electron chi connectivity index (χ4n) is 1.48. The van der Waals surface area contributed by atoms with E-state index in [1.165, 1.54) is 0 Å². The minimum atomic E-state index is -0.264. The van der Waals surface area contributed by atoms with E-state index in [4.69, 9.17) is 4.74 Å². The topological polar surface area (TPSA) is 29.5 Å². The molecule has 0 aromatic carbocycles. The summed E-state index contributed by atoms with van der Waals surface area (Å²) in [6.45, 7) is 2.01. The van der Waals surface area contributed by atoms with E-state index in [2.05, 4.69) is 0 Å². The van der Waals surface area contributed by atoms with Gasteiger partial charge in [0.1, 0.15) is 6.10 Å². The molecule has 9 heavy (non-hydrogen) atoms. The lowest BCUT2D eigenvalue weighted by Gasteiger charge is -2.14. The Morgan fingerprint density at radius 2 is 2.00 bits per heavy atom. The zero-order valence-corrected chi connectivity index (χ0v) is 5.32. The molecule has 0 amide bonds. The van der Waals surface area contributed by atoms with Crippen LogP contribution in [0.25, 0.3) is 0 Å². The first kappa shape index (κ1) is 5.45. The van der Waals surface area contributed by atoms with Gasteiger partial charge in [-0.2, -0.15) is 0 Å². The van der Waals surface area contributed by atoms with E-state index in [0.717, 1.165) is 0 Å². The molecule has 0 aliphatic carbocycles. The van der Waals surface area contributed by atoms with Crippen molar-refractivity contribution in [2.45, 2.75) is 25.2 Å². The van der Waals surface area contributed by atoms with Crippen molar-refractivity contribution in [1.29, 1.82) is 0 Å². The molecule has 2 nitrogen and oxygen atoms in total. The summed E-state index contributed by atoms with van der Waals surface area (Å²) in [7, 11) is 0. The van der Waals surface area contributed by atoms with Gasteiger partial charge in [0.15, 0.2) is 0 Å². The van der Waals surface area contributed by atoms with Gasteiger partial charge in [0.25, 0.3) is 0 Å². The molecule has 4 atom stereocenters. The fourth-order valence-corrected chi connectivity index (χ4v) is 1.48. The van der Waals surface area contributed by atoms with Gasteiger partial charge in [-0.1, -0.05) is 19.1 Å². The summed E-state index contributed by atoms with van der Waals surface area (Å²) in [5, 5.41) is 9.31. The molecule has 2 aliphatic rings. The van der Waals surface area contributed by atoms with Crippen LogP contribution >= 0.6 is 0 Å². The molecule has 0 aromatic heterocycles. The van der Waals surface area contributed by atoms with Gasteiger partial charge >= 0.3 is 0 Å². The number of hydrogen-bond donors (Lipinski definition) is 1. The van der Waals surface area contributed by atoms with Crippen molar-refractivity contribution in [2.24, 2.45) is 5.92 Å². The second-order valence-corrected chi connectivity index (χ2v) is 2.80. The van der Waals surface area contributed by atoms with Crippen molar-refractivity contribution in [1.82, 2.24) is 0 Å².